The van der Waals surface area contributed by atoms with Crippen molar-refractivity contribution >= 4 is 11.7 Å². The zero-order valence-electron chi connectivity index (χ0n) is 13.5. The Kier molecular flexibility index (Phi) is 4.90. The van der Waals surface area contributed by atoms with Crippen LogP contribution >= 0.6 is 0 Å². The van der Waals surface area contributed by atoms with Gasteiger partial charge in [0, 0.05) is 32.2 Å². The van der Waals surface area contributed by atoms with Crippen molar-refractivity contribution in [3.05, 3.63) is 18.1 Å². The van der Waals surface area contributed by atoms with Crippen molar-refractivity contribution in [2.24, 2.45) is 5.92 Å². The van der Waals surface area contributed by atoms with E-state index in [-0.39, 0.29) is 5.91 Å². The van der Waals surface area contributed by atoms with Crippen LogP contribution in [0.4, 0.5) is 5.82 Å². The predicted molar refractivity (Wildman–Crippen MR) is 87.0 cm³/mol. The number of likely N-dealkylation sites (tertiary alicyclic amines) is 1. The van der Waals surface area contributed by atoms with Crippen LogP contribution in [-0.4, -0.2) is 47.0 Å². The van der Waals surface area contributed by atoms with Crippen LogP contribution in [0.5, 0.6) is 0 Å². The van der Waals surface area contributed by atoms with Crippen LogP contribution < -0.4 is 4.90 Å². The van der Waals surface area contributed by atoms with E-state index in [2.05, 4.69) is 21.8 Å². The Morgan fingerprint density at radius 3 is 2.41 bits per heavy atom. The third-order valence-electron chi connectivity index (χ3n) is 4.87. The smallest absolute Gasteiger partial charge is 0.272 e. The molecule has 2 fully saturated rings. The normalized spacial score (nSPS) is 20.8. The topological polar surface area (TPSA) is 49.3 Å². The quantitative estimate of drug-likeness (QED) is 0.843. The minimum Gasteiger partial charge on any atom is -0.357 e. The van der Waals surface area contributed by atoms with E-state index < -0.39 is 0 Å². The molecule has 0 saturated carbocycles. The number of anilines is 1. The van der Waals surface area contributed by atoms with E-state index in [0.29, 0.717) is 5.69 Å². The SMILES string of the molecule is CC1CCN(C(=O)c2cc(N3CCCCCC3)ncn2)CC1. The second kappa shape index (κ2) is 7.07. The third-order valence-corrected chi connectivity index (χ3v) is 4.87. The molecule has 0 aliphatic carbocycles. The van der Waals surface area contributed by atoms with E-state index in [0.717, 1.165) is 50.8 Å². The highest BCUT2D eigenvalue weighted by atomic mass is 16.2. The Hall–Kier alpha value is -1.65. The molecule has 0 atom stereocenters. The Morgan fingerprint density at radius 2 is 1.73 bits per heavy atom. The molecule has 3 rings (SSSR count). The molecular formula is C17H26N4O. The molecule has 3 heterocycles. The van der Waals surface area contributed by atoms with Gasteiger partial charge in [0.05, 0.1) is 0 Å². The van der Waals surface area contributed by atoms with Crippen LogP contribution in [0.1, 0.15) is 55.9 Å². The molecule has 0 spiro atoms. The molecule has 5 nitrogen and oxygen atoms in total. The summed E-state index contributed by atoms with van der Waals surface area (Å²) in [5, 5.41) is 0. The van der Waals surface area contributed by atoms with Crippen molar-refractivity contribution in [1.82, 2.24) is 14.9 Å². The summed E-state index contributed by atoms with van der Waals surface area (Å²) in [7, 11) is 0. The first kappa shape index (κ1) is 15.3. The fourth-order valence-electron chi connectivity index (χ4n) is 3.31. The van der Waals surface area contributed by atoms with Gasteiger partial charge in [-0.05, 0) is 31.6 Å². The number of piperidine rings is 1. The van der Waals surface area contributed by atoms with E-state index >= 15 is 0 Å². The molecule has 2 aliphatic heterocycles. The molecule has 120 valence electrons. The van der Waals surface area contributed by atoms with Crippen LogP contribution in [0.2, 0.25) is 0 Å². The summed E-state index contributed by atoms with van der Waals surface area (Å²) in [5.41, 5.74) is 0.545. The van der Waals surface area contributed by atoms with Crippen LogP contribution in [-0.2, 0) is 0 Å². The molecule has 22 heavy (non-hydrogen) atoms. The van der Waals surface area contributed by atoms with E-state index in [4.69, 9.17) is 0 Å². The van der Waals surface area contributed by atoms with Gasteiger partial charge in [-0.25, -0.2) is 9.97 Å². The number of aromatic nitrogens is 2. The van der Waals surface area contributed by atoms with Gasteiger partial charge in [-0.15, -0.1) is 0 Å². The van der Waals surface area contributed by atoms with Crippen LogP contribution in [0, 0.1) is 5.92 Å². The van der Waals surface area contributed by atoms with Gasteiger partial charge in [-0.3, -0.25) is 4.79 Å². The number of hydrogen-bond acceptors (Lipinski definition) is 4. The van der Waals surface area contributed by atoms with E-state index in [9.17, 15) is 4.79 Å². The average molecular weight is 302 g/mol. The van der Waals surface area contributed by atoms with Crippen molar-refractivity contribution in [3.63, 3.8) is 0 Å². The molecule has 0 N–H and O–H groups in total. The fraction of sp³-hybridized carbons (Fsp3) is 0.706. The first-order valence-corrected chi connectivity index (χ1v) is 8.60. The Labute approximate surface area is 132 Å². The highest BCUT2D eigenvalue weighted by Crippen LogP contribution is 2.20. The average Bonchev–Trinajstić information content (AvgIpc) is 2.84. The maximum absolute atomic E-state index is 12.6. The first-order chi connectivity index (χ1) is 10.7. The molecule has 2 aliphatic rings. The molecule has 0 radical (unpaired) electrons. The summed E-state index contributed by atoms with van der Waals surface area (Å²) >= 11 is 0. The highest BCUT2D eigenvalue weighted by molar-refractivity contribution is 5.93. The Morgan fingerprint density at radius 1 is 1.05 bits per heavy atom. The van der Waals surface area contributed by atoms with Gasteiger partial charge in [0.25, 0.3) is 5.91 Å². The lowest BCUT2D eigenvalue weighted by atomic mass is 9.99. The van der Waals surface area contributed by atoms with Gasteiger partial charge in [-0.1, -0.05) is 19.8 Å². The molecule has 0 unspecified atom stereocenters. The lowest BCUT2D eigenvalue weighted by Gasteiger charge is -2.30. The van der Waals surface area contributed by atoms with Crippen molar-refractivity contribution < 1.29 is 4.79 Å². The van der Waals surface area contributed by atoms with Gasteiger partial charge >= 0.3 is 0 Å². The summed E-state index contributed by atoms with van der Waals surface area (Å²) in [6.07, 6.45) is 8.72. The van der Waals surface area contributed by atoms with Crippen molar-refractivity contribution in [2.45, 2.75) is 45.4 Å². The summed E-state index contributed by atoms with van der Waals surface area (Å²) in [6, 6.07) is 1.88. The summed E-state index contributed by atoms with van der Waals surface area (Å²) in [5.74, 6) is 1.69. The number of amides is 1. The summed E-state index contributed by atoms with van der Waals surface area (Å²) in [6.45, 7) is 6.02. The molecule has 5 heteroatoms. The van der Waals surface area contributed by atoms with Gasteiger partial charge in [0.2, 0.25) is 0 Å². The number of carbonyl (C=O) groups excluding carboxylic acids is 1. The third kappa shape index (κ3) is 3.57. The van der Waals surface area contributed by atoms with E-state index in [1.165, 1.54) is 25.7 Å². The zero-order chi connectivity index (χ0) is 15.4. The second-order valence-electron chi connectivity index (χ2n) is 6.64. The van der Waals surface area contributed by atoms with Gasteiger partial charge in [0.15, 0.2) is 0 Å². The lowest BCUT2D eigenvalue weighted by molar-refractivity contribution is 0.0691. The first-order valence-electron chi connectivity index (χ1n) is 8.60. The summed E-state index contributed by atoms with van der Waals surface area (Å²) in [4.78, 5) is 25.5. The molecule has 2 saturated heterocycles. The lowest BCUT2D eigenvalue weighted by Crippen LogP contribution is -2.38. The molecule has 1 aromatic heterocycles. The molecule has 1 aromatic rings. The van der Waals surface area contributed by atoms with E-state index in [1.807, 2.05) is 11.0 Å². The van der Waals surface area contributed by atoms with Gasteiger partial charge in [-0.2, -0.15) is 0 Å². The fourth-order valence-corrected chi connectivity index (χ4v) is 3.31. The van der Waals surface area contributed by atoms with Crippen LogP contribution in [0.25, 0.3) is 0 Å². The monoisotopic (exact) mass is 302 g/mol. The molecule has 0 aromatic carbocycles. The number of rotatable bonds is 2. The van der Waals surface area contributed by atoms with Gasteiger partial charge in [0.1, 0.15) is 17.8 Å². The van der Waals surface area contributed by atoms with Gasteiger partial charge < -0.3 is 9.80 Å². The summed E-state index contributed by atoms with van der Waals surface area (Å²) < 4.78 is 0. The number of hydrogen-bond donors (Lipinski definition) is 0. The number of nitrogens with zero attached hydrogens (tertiary/aromatic N) is 4. The Balaban J connectivity index is 1.71. The maximum atomic E-state index is 12.6. The highest BCUT2D eigenvalue weighted by Gasteiger charge is 2.23. The van der Waals surface area contributed by atoms with Crippen molar-refractivity contribution in [1.29, 1.82) is 0 Å². The van der Waals surface area contributed by atoms with Crippen molar-refractivity contribution in [2.75, 3.05) is 31.1 Å². The minimum absolute atomic E-state index is 0.0605. The zero-order valence-corrected chi connectivity index (χ0v) is 13.5. The van der Waals surface area contributed by atoms with Crippen molar-refractivity contribution in [3.8, 4) is 0 Å². The predicted octanol–water partition coefficient (Wildman–Crippen LogP) is 2.73. The van der Waals surface area contributed by atoms with Crippen LogP contribution in [0.3, 0.4) is 0 Å². The minimum atomic E-state index is 0.0605. The molecule has 0 bridgehead atoms. The number of carbonyl (C=O) groups is 1. The van der Waals surface area contributed by atoms with Crippen LogP contribution in [0.15, 0.2) is 12.4 Å². The van der Waals surface area contributed by atoms with E-state index in [1.54, 1.807) is 6.33 Å². The largest absolute Gasteiger partial charge is 0.357 e. The molecular weight excluding hydrogens is 276 g/mol. The molecule has 1 amide bonds. The standard InChI is InChI=1S/C17H26N4O/c1-14-6-10-21(11-7-14)17(22)15-12-16(19-13-18-15)20-8-4-2-3-5-9-20/h12-14H,2-11H2,1H3. The second-order valence-corrected chi connectivity index (χ2v) is 6.64. The maximum Gasteiger partial charge on any atom is 0.272 e. The Bertz CT molecular complexity index is 503.